The van der Waals surface area contributed by atoms with Crippen molar-refractivity contribution in [2.75, 3.05) is 6.61 Å². The van der Waals surface area contributed by atoms with Crippen LogP contribution in [0.4, 0.5) is 0 Å². The van der Waals surface area contributed by atoms with Crippen molar-refractivity contribution in [1.29, 1.82) is 0 Å². The largest absolute Gasteiger partial charge is 0.394 e. The fourth-order valence-electron chi connectivity index (χ4n) is 6.48. The average Bonchev–Trinajstić information content (AvgIpc) is 3.66. The number of ether oxygens (including phenoxy) is 2. The number of aliphatic hydroxyl groups is 2. The van der Waals surface area contributed by atoms with Crippen LogP contribution in [-0.2, 0) is 20.9 Å². The van der Waals surface area contributed by atoms with E-state index in [2.05, 4.69) is 11.7 Å². The van der Waals surface area contributed by atoms with Crippen molar-refractivity contribution in [3.05, 3.63) is 45.8 Å². The molecule has 6 rings (SSSR count). The minimum atomic E-state index is -0.924. The van der Waals surface area contributed by atoms with Crippen molar-refractivity contribution >= 4 is 5.71 Å². The van der Waals surface area contributed by atoms with Gasteiger partial charge in [-0.05, 0) is 31.8 Å². The van der Waals surface area contributed by atoms with Gasteiger partial charge < -0.3 is 24.5 Å². The number of epoxide rings is 1. The Hall–Kier alpha value is -2.47. The Kier molecular flexibility index (Phi) is 6.27. The molecule has 3 aliphatic heterocycles. The predicted octanol–water partition coefficient (Wildman–Crippen LogP) is 0.653. The molecule has 1 aromatic heterocycles. The number of oxime groups is 1. The second-order valence-corrected chi connectivity index (χ2v) is 10.5. The molecular formula is C25H34N4O7. The van der Waals surface area contributed by atoms with Gasteiger partial charge in [-0.25, -0.2) is 23.5 Å². The molecule has 5 aliphatic rings. The zero-order valence-corrected chi connectivity index (χ0v) is 20.2. The Labute approximate surface area is 208 Å². The van der Waals surface area contributed by atoms with Crippen LogP contribution < -0.4 is 11.4 Å². The molecule has 8 atom stereocenters. The van der Waals surface area contributed by atoms with Crippen LogP contribution in [-0.4, -0.2) is 73.1 Å². The molecule has 0 amide bonds. The van der Waals surface area contributed by atoms with Gasteiger partial charge in [0.1, 0.15) is 24.4 Å². The van der Waals surface area contributed by atoms with Crippen molar-refractivity contribution in [3.63, 3.8) is 0 Å². The molecule has 196 valence electrons. The summed E-state index contributed by atoms with van der Waals surface area (Å²) in [4.78, 5) is 32.6. The van der Waals surface area contributed by atoms with Crippen molar-refractivity contribution in [2.45, 2.75) is 100 Å². The fraction of sp³-hybridized carbons (Fsp3) is 0.720. The first kappa shape index (κ1) is 23.9. The number of aromatic nitrogens is 3. The quantitative estimate of drug-likeness (QED) is 0.332. The molecule has 11 nitrogen and oxygen atoms in total. The van der Waals surface area contributed by atoms with Gasteiger partial charge in [0, 0.05) is 18.5 Å². The molecule has 2 saturated carbocycles. The molecule has 0 bridgehead atoms. The SMILES string of the molecule is C=CC[C@@H]1C=C[C@H](O/N=C2/[C@H]3CCn4c(=O)n(C5CCCCC5)c(=O)n4[C@H]3[C@H](O)[C@@H]3O[C@H]23)[C@@H](CO)O1. The molecule has 2 N–H and O–H groups in total. The van der Waals surface area contributed by atoms with Gasteiger partial charge >= 0.3 is 11.4 Å². The topological polar surface area (TPSA) is 133 Å². The van der Waals surface area contributed by atoms with Crippen molar-refractivity contribution in [2.24, 2.45) is 11.1 Å². The maximum absolute atomic E-state index is 13.6. The van der Waals surface area contributed by atoms with E-state index in [-0.39, 0.29) is 42.2 Å². The van der Waals surface area contributed by atoms with E-state index in [0.29, 0.717) is 25.1 Å². The number of rotatable bonds is 6. The standard InChI is InChI=1S/C25H34N4O7/c1-2-6-15-9-10-17(18(13-30)34-15)36-26-19-16-11-12-27-24(32)28(14-7-4-3-5-8-14)25(33)29(27)20(16)21(31)23-22(19)35-23/h2,9-10,14-18,20-23,30-31H,1,3-8,11-13H2/b26-19-/t15-,16-,17+,18-,20-,21+,22-,23+/m1/s1. The summed E-state index contributed by atoms with van der Waals surface area (Å²) < 4.78 is 16.0. The molecular weight excluding hydrogens is 468 g/mol. The van der Waals surface area contributed by atoms with Crippen LogP contribution in [0.3, 0.4) is 0 Å². The lowest BCUT2D eigenvalue weighted by atomic mass is 9.78. The van der Waals surface area contributed by atoms with Crippen LogP contribution in [0.5, 0.6) is 0 Å². The number of hydrogen-bond acceptors (Lipinski definition) is 8. The summed E-state index contributed by atoms with van der Waals surface area (Å²) in [5.41, 5.74) is -0.0302. The Morgan fingerprint density at radius 3 is 2.69 bits per heavy atom. The molecule has 1 aromatic rings. The zero-order chi connectivity index (χ0) is 25.0. The second-order valence-electron chi connectivity index (χ2n) is 10.5. The van der Waals surface area contributed by atoms with Gasteiger partial charge in [0.2, 0.25) is 0 Å². The van der Waals surface area contributed by atoms with Crippen LogP contribution in [0.25, 0.3) is 0 Å². The van der Waals surface area contributed by atoms with Crippen LogP contribution >= 0.6 is 0 Å². The van der Waals surface area contributed by atoms with Crippen LogP contribution in [0.1, 0.15) is 57.0 Å². The van der Waals surface area contributed by atoms with E-state index in [0.717, 1.165) is 32.1 Å². The summed E-state index contributed by atoms with van der Waals surface area (Å²) >= 11 is 0. The van der Waals surface area contributed by atoms with Crippen LogP contribution in [0.15, 0.2) is 39.6 Å². The Morgan fingerprint density at radius 2 is 1.94 bits per heavy atom. The van der Waals surface area contributed by atoms with Gasteiger partial charge in [-0.1, -0.05) is 36.6 Å². The third-order valence-corrected chi connectivity index (χ3v) is 8.35. The lowest BCUT2D eigenvalue weighted by Crippen LogP contribution is -2.53. The molecule has 11 heteroatoms. The van der Waals surface area contributed by atoms with E-state index in [4.69, 9.17) is 14.3 Å². The highest BCUT2D eigenvalue weighted by atomic mass is 16.7. The van der Waals surface area contributed by atoms with E-state index in [1.165, 1.54) is 13.9 Å². The number of aliphatic hydroxyl groups excluding tert-OH is 2. The number of fused-ring (bicyclic) bond motifs is 4. The van der Waals surface area contributed by atoms with Crippen molar-refractivity contribution in [3.8, 4) is 0 Å². The van der Waals surface area contributed by atoms with Gasteiger partial charge in [0.15, 0.2) is 6.10 Å². The first-order chi connectivity index (χ1) is 17.5. The lowest BCUT2D eigenvalue weighted by molar-refractivity contribution is -0.101. The average molecular weight is 503 g/mol. The molecule has 4 heterocycles. The maximum Gasteiger partial charge on any atom is 0.347 e. The number of hydrogen-bond donors (Lipinski definition) is 2. The predicted molar refractivity (Wildman–Crippen MR) is 129 cm³/mol. The Morgan fingerprint density at radius 1 is 1.14 bits per heavy atom. The van der Waals surface area contributed by atoms with Gasteiger partial charge in [-0.3, -0.25) is 0 Å². The monoisotopic (exact) mass is 502 g/mol. The normalized spacial score (nSPS) is 38.8. The molecule has 0 aromatic carbocycles. The molecule has 2 aliphatic carbocycles. The smallest absolute Gasteiger partial charge is 0.347 e. The fourth-order valence-corrected chi connectivity index (χ4v) is 6.48. The number of nitrogens with zero attached hydrogens (tertiary/aromatic N) is 4. The molecule has 0 unspecified atom stereocenters. The van der Waals surface area contributed by atoms with E-state index in [1.54, 1.807) is 6.08 Å². The molecule has 36 heavy (non-hydrogen) atoms. The van der Waals surface area contributed by atoms with E-state index in [9.17, 15) is 19.8 Å². The van der Waals surface area contributed by atoms with Crippen molar-refractivity contribution < 1.29 is 24.5 Å². The summed E-state index contributed by atoms with van der Waals surface area (Å²) in [6, 6.07) is -0.748. The first-order valence-corrected chi connectivity index (χ1v) is 13.1. The summed E-state index contributed by atoms with van der Waals surface area (Å²) in [5, 5.41) is 25.4. The highest BCUT2D eigenvalue weighted by molar-refractivity contribution is 5.94. The molecule has 0 spiro atoms. The van der Waals surface area contributed by atoms with Crippen LogP contribution in [0.2, 0.25) is 0 Å². The minimum Gasteiger partial charge on any atom is -0.394 e. The van der Waals surface area contributed by atoms with Gasteiger partial charge in [-0.15, -0.1) is 6.58 Å². The van der Waals surface area contributed by atoms with Gasteiger partial charge in [0.25, 0.3) is 0 Å². The third kappa shape index (κ3) is 3.84. The van der Waals surface area contributed by atoms with Gasteiger partial charge in [0.05, 0.1) is 24.5 Å². The van der Waals surface area contributed by atoms with Crippen LogP contribution in [0, 0.1) is 5.92 Å². The van der Waals surface area contributed by atoms with Gasteiger partial charge in [-0.2, -0.15) is 0 Å². The second kappa shape index (κ2) is 9.44. The zero-order valence-electron chi connectivity index (χ0n) is 20.2. The Balaban J connectivity index is 1.30. The van der Waals surface area contributed by atoms with E-state index < -0.39 is 30.5 Å². The summed E-state index contributed by atoms with van der Waals surface area (Å²) in [6.07, 6.45) is 8.26. The maximum atomic E-state index is 13.6. The summed E-state index contributed by atoms with van der Waals surface area (Å²) in [6.45, 7) is 3.85. The lowest BCUT2D eigenvalue weighted by Gasteiger charge is -2.38. The molecule has 1 saturated heterocycles. The minimum absolute atomic E-state index is 0.0941. The Bertz CT molecular complexity index is 1180. The molecule has 3 fully saturated rings. The summed E-state index contributed by atoms with van der Waals surface area (Å²) in [5.74, 6) is -0.308. The third-order valence-electron chi connectivity index (χ3n) is 8.35. The first-order valence-electron chi connectivity index (χ1n) is 13.1. The van der Waals surface area contributed by atoms with E-state index in [1.807, 2.05) is 12.2 Å². The highest BCUT2D eigenvalue weighted by Gasteiger charge is 2.61. The van der Waals surface area contributed by atoms with Crippen molar-refractivity contribution in [1.82, 2.24) is 13.9 Å². The van der Waals surface area contributed by atoms with E-state index >= 15 is 0 Å². The summed E-state index contributed by atoms with van der Waals surface area (Å²) in [7, 11) is 0. The molecule has 0 radical (unpaired) electrons. The highest BCUT2D eigenvalue weighted by Crippen LogP contribution is 2.46.